The normalized spacial score (nSPS) is 17.3. The first-order chi connectivity index (χ1) is 9.61. The van der Waals surface area contributed by atoms with Crippen LogP contribution in [0.15, 0.2) is 0 Å². The summed E-state index contributed by atoms with van der Waals surface area (Å²) in [6.07, 6.45) is -3.18. The van der Waals surface area contributed by atoms with Gasteiger partial charge in [0.25, 0.3) is 11.8 Å². The second-order valence-corrected chi connectivity index (χ2v) is 10.0. The smallest absolute Gasteiger partial charge is 0.240 e. The quantitative estimate of drug-likeness (QED) is 0.465. The summed E-state index contributed by atoms with van der Waals surface area (Å²) in [5.41, 5.74) is -6.21. The molecule has 5 heteroatoms. The molecule has 0 aliphatic heterocycles. The Morgan fingerprint density at radius 1 is 0.696 bits per heavy atom. The molecule has 23 heavy (non-hydrogen) atoms. The first kappa shape index (κ1) is 22.6. The van der Waals surface area contributed by atoms with Crippen LogP contribution in [0.5, 0.6) is 0 Å². The third kappa shape index (κ3) is 4.19. The van der Waals surface area contributed by atoms with E-state index in [0.29, 0.717) is 0 Å². The lowest BCUT2D eigenvalue weighted by Gasteiger charge is -2.52. The third-order valence-electron chi connectivity index (χ3n) is 5.23. The van der Waals surface area contributed by atoms with Crippen LogP contribution in [-0.4, -0.2) is 18.0 Å². The van der Waals surface area contributed by atoms with Crippen molar-refractivity contribution in [1.82, 2.24) is 0 Å². The van der Waals surface area contributed by atoms with Crippen LogP contribution in [0.2, 0.25) is 0 Å². The summed E-state index contributed by atoms with van der Waals surface area (Å²) < 4.78 is 73.4. The SMILES string of the molecule is CC(C)(C)CC(F)(F)C(C)(C)C(C)(C)C(F)C(F)(F)C(C)(C)C. The van der Waals surface area contributed by atoms with Gasteiger partial charge in [0, 0.05) is 22.7 Å². The van der Waals surface area contributed by atoms with Crippen molar-refractivity contribution in [2.75, 3.05) is 0 Å². The van der Waals surface area contributed by atoms with E-state index in [1.165, 1.54) is 48.5 Å². The largest absolute Gasteiger partial charge is 0.283 e. The monoisotopic (exact) mass is 344 g/mol. The predicted molar refractivity (Wildman–Crippen MR) is 85.9 cm³/mol. The van der Waals surface area contributed by atoms with E-state index in [1.807, 2.05) is 0 Å². The maximum atomic E-state index is 14.8. The first-order valence-electron chi connectivity index (χ1n) is 8.01. The van der Waals surface area contributed by atoms with Gasteiger partial charge >= 0.3 is 0 Å². The van der Waals surface area contributed by atoms with Crippen LogP contribution in [0.1, 0.15) is 75.7 Å². The summed E-state index contributed by atoms with van der Waals surface area (Å²) in [6.45, 7) is 13.3. The van der Waals surface area contributed by atoms with Gasteiger partial charge in [-0.1, -0.05) is 69.2 Å². The molecule has 0 aromatic carbocycles. The molecule has 140 valence electrons. The van der Waals surface area contributed by atoms with Gasteiger partial charge in [0.15, 0.2) is 6.17 Å². The Hall–Kier alpha value is -0.350. The molecule has 0 bridgehead atoms. The van der Waals surface area contributed by atoms with Gasteiger partial charge in [-0.25, -0.2) is 22.0 Å². The zero-order valence-corrected chi connectivity index (χ0v) is 16.2. The first-order valence-corrected chi connectivity index (χ1v) is 8.01. The van der Waals surface area contributed by atoms with E-state index in [4.69, 9.17) is 0 Å². The van der Waals surface area contributed by atoms with Crippen LogP contribution >= 0.6 is 0 Å². The number of rotatable bonds is 5. The van der Waals surface area contributed by atoms with E-state index in [0.717, 1.165) is 0 Å². The summed E-state index contributed by atoms with van der Waals surface area (Å²) in [5, 5.41) is 0. The van der Waals surface area contributed by atoms with Crippen LogP contribution in [0.4, 0.5) is 22.0 Å². The third-order valence-corrected chi connectivity index (χ3v) is 5.23. The van der Waals surface area contributed by atoms with Crippen molar-refractivity contribution < 1.29 is 22.0 Å². The van der Waals surface area contributed by atoms with Crippen molar-refractivity contribution in [3.63, 3.8) is 0 Å². The lowest BCUT2D eigenvalue weighted by Crippen LogP contribution is -2.59. The molecule has 1 unspecified atom stereocenters. The molecule has 1 atom stereocenters. The fraction of sp³-hybridized carbons (Fsp3) is 1.00. The van der Waals surface area contributed by atoms with Crippen molar-refractivity contribution in [2.24, 2.45) is 21.7 Å². The Bertz CT molecular complexity index is 408. The molecule has 0 aliphatic carbocycles. The Morgan fingerprint density at radius 2 is 1.04 bits per heavy atom. The fourth-order valence-electron chi connectivity index (χ4n) is 2.51. The molecule has 0 aromatic heterocycles. The number of halogens is 5. The van der Waals surface area contributed by atoms with Crippen molar-refractivity contribution in [3.05, 3.63) is 0 Å². The number of alkyl halides is 5. The maximum absolute atomic E-state index is 14.8. The van der Waals surface area contributed by atoms with Crippen molar-refractivity contribution in [3.8, 4) is 0 Å². The molecular weight excluding hydrogens is 311 g/mol. The van der Waals surface area contributed by atoms with E-state index in [2.05, 4.69) is 0 Å². The average molecular weight is 344 g/mol. The molecule has 0 nitrogen and oxygen atoms in total. The summed E-state index contributed by atoms with van der Waals surface area (Å²) >= 11 is 0. The van der Waals surface area contributed by atoms with Gasteiger partial charge in [0.2, 0.25) is 0 Å². The summed E-state index contributed by atoms with van der Waals surface area (Å²) in [6, 6.07) is 0. The van der Waals surface area contributed by atoms with Gasteiger partial charge in [-0.05, 0) is 5.41 Å². The highest BCUT2D eigenvalue weighted by atomic mass is 19.3. The lowest BCUT2D eigenvalue weighted by molar-refractivity contribution is -0.243. The molecule has 0 aliphatic rings. The second kappa shape index (κ2) is 5.87. The Morgan fingerprint density at radius 3 is 1.30 bits per heavy atom. The molecule has 0 aromatic rings. The van der Waals surface area contributed by atoms with Gasteiger partial charge in [-0.3, -0.25) is 0 Å². The molecule has 0 N–H and O–H groups in total. The minimum Gasteiger partial charge on any atom is -0.240 e. The van der Waals surface area contributed by atoms with Crippen LogP contribution in [0.25, 0.3) is 0 Å². The van der Waals surface area contributed by atoms with Crippen LogP contribution < -0.4 is 0 Å². The van der Waals surface area contributed by atoms with Crippen molar-refractivity contribution in [2.45, 2.75) is 93.7 Å². The number of hydrogen-bond acceptors (Lipinski definition) is 0. The van der Waals surface area contributed by atoms with Gasteiger partial charge < -0.3 is 0 Å². The van der Waals surface area contributed by atoms with E-state index in [9.17, 15) is 22.0 Å². The van der Waals surface area contributed by atoms with E-state index < -0.39 is 46.1 Å². The minimum absolute atomic E-state index is 0.496. The van der Waals surface area contributed by atoms with Crippen LogP contribution in [0, 0.1) is 21.7 Å². The van der Waals surface area contributed by atoms with E-state index in [1.54, 1.807) is 20.8 Å². The highest BCUT2D eigenvalue weighted by Gasteiger charge is 2.65. The Kier molecular flexibility index (Phi) is 5.78. The lowest BCUT2D eigenvalue weighted by atomic mass is 9.57. The molecular formula is C18H33F5. The van der Waals surface area contributed by atoms with Gasteiger partial charge in [-0.2, -0.15) is 0 Å². The molecule has 0 radical (unpaired) electrons. The van der Waals surface area contributed by atoms with Crippen LogP contribution in [0.3, 0.4) is 0 Å². The molecule has 0 heterocycles. The molecule has 0 saturated carbocycles. The number of hydrogen-bond donors (Lipinski definition) is 0. The molecule has 0 spiro atoms. The topological polar surface area (TPSA) is 0 Å². The molecule has 0 rings (SSSR count). The standard InChI is InChI=1S/C18H33F5/c1-13(2,3)11-17(20,21)16(9,10)15(7,8)12(19)18(22,23)14(4,5)6/h12H,11H2,1-10H3. The predicted octanol–water partition coefficient (Wildman–Crippen LogP) is 7.13. The zero-order chi connectivity index (χ0) is 19.3. The molecule has 0 fully saturated rings. The van der Waals surface area contributed by atoms with Crippen LogP contribution in [-0.2, 0) is 0 Å². The highest BCUT2D eigenvalue weighted by Crippen LogP contribution is 2.59. The van der Waals surface area contributed by atoms with E-state index in [-0.39, 0.29) is 0 Å². The molecule has 0 saturated heterocycles. The van der Waals surface area contributed by atoms with Crippen molar-refractivity contribution >= 4 is 0 Å². The van der Waals surface area contributed by atoms with Gasteiger partial charge in [0.05, 0.1) is 0 Å². The zero-order valence-electron chi connectivity index (χ0n) is 16.2. The van der Waals surface area contributed by atoms with E-state index >= 15 is 0 Å². The Balaban J connectivity index is 5.89. The van der Waals surface area contributed by atoms with Gasteiger partial charge in [-0.15, -0.1) is 0 Å². The summed E-state index contributed by atoms with van der Waals surface area (Å²) in [5.74, 6) is -7.00. The average Bonchev–Trinajstić information content (AvgIpc) is 2.22. The maximum Gasteiger partial charge on any atom is 0.283 e. The Labute approximate surface area is 138 Å². The second-order valence-electron chi connectivity index (χ2n) is 10.0. The summed E-state index contributed by atoms with van der Waals surface area (Å²) in [7, 11) is 0. The summed E-state index contributed by atoms with van der Waals surface area (Å²) in [4.78, 5) is 0. The van der Waals surface area contributed by atoms with Gasteiger partial charge in [0.1, 0.15) is 0 Å². The molecule has 0 amide bonds. The minimum atomic E-state index is -3.72. The van der Waals surface area contributed by atoms with Crippen molar-refractivity contribution in [1.29, 1.82) is 0 Å². The highest BCUT2D eigenvalue weighted by molar-refractivity contribution is 5.06. The fourth-order valence-corrected chi connectivity index (χ4v) is 2.51.